The molecule has 1 saturated carbocycles. The molecule has 2 aliphatic rings. The van der Waals surface area contributed by atoms with Crippen molar-refractivity contribution in [2.24, 2.45) is 0 Å². The molecular formula is C21H25F3N2O4S. The fourth-order valence-electron chi connectivity index (χ4n) is 3.85. The maximum absolute atomic E-state index is 10.6. The van der Waals surface area contributed by atoms with Crippen LogP contribution in [0.25, 0.3) is 0 Å². The van der Waals surface area contributed by atoms with Crippen LogP contribution in [0.1, 0.15) is 29.1 Å². The van der Waals surface area contributed by atoms with E-state index in [1.165, 1.54) is 5.56 Å². The van der Waals surface area contributed by atoms with Crippen molar-refractivity contribution in [3.8, 4) is 0 Å². The van der Waals surface area contributed by atoms with Crippen molar-refractivity contribution in [2.45, 2.75) is 57.3 Å². The Morgan fingerprint density at radius 3 is 2.65 bits per heavy atom. The average molecular weight is 459 g/mol. The molecule has 3 atom stereocenters. The number of halogens is 3. The Bertz CT molecular complexity index is 847. The predicted octanol–water partition coefficient (Wildman–Crippen LogP) is 4.03. The summed E-state index contributed by atoms with van der Waals surface area (Å²) in [5, 5.41) is 10.3. The highest BCUT2D eigenvalue weighted by molar-refractivity contribution is 7.09. The van der Waals surface area contributed by atoms with E-state index in [9.17, 15) is 13.2 Å². The van der Waals surface area contributed by atoms with Gasteiger partial charge in [-0.2, -0.15) is 13.2 Å². The summed E-state index contributed by atoms with van der Waals surface area (Å²) in [7, 11) is 0. The lowest BCUT2D eigenvalue weighted by molar-refractivity contribution is -0.192. The third-order valence-corrected chi connectivity index (χ3v) is 6.06. The number of fused-ring (bicyclic) bond motifs is 1. The summed E-state index contributed by atoms with van der Waals surface area (Å²) in [4.78, 5) is 16.0. The lowest BCUT2D eigenvalue weighted by Gasteiger charge is -2.39. The number of carboxylic acid groups (broad SMARTS) is 1. The molecule has 2 aromatic rings. The molecule has 1 aliphatic heterocycles. The summed E-state index contributed by atoms with van der Waals surface area (Å²) in [5.74, 6) is -2.76. The van der Waals surface area contributed by atoms with Gasteiger partial charge in [-0.3, -0.25) is 4.90 Å². The van der Waals surface area contributed by atoms with Gasteiger partial charge in [0.2, 0.25) is 0 Å². The Kier molecular flexibility index (Phi) is 8.04. The van der Waals surface area contributed by atoms with Crippen molar-refractivity contribution in [3.63, 3.8) is 0 Å². The molecule has 10 heteroatoms. The van der Waals surface area contributed by atoms with E-state index < -0.39 is 12.1 Å². The molecule has 0 bridgehead atoms. The van der Waals surface area contributed by atoms with Crippen LogP contribution in [0.2, 0.25) is 0 Å². The summed E-state index contributed by atoms with van der Waals surface area (Å²) in [6, 6.07) is 11.2. The van der Waals surface area contributed by atoms with Crippen LogP contribution in [0.5, 0.6) is 0 Å². The molecule has 31 heavy (non-hydrogen) atoms. The van der Waals surface area contributed by atoms with Gasteiger partial charge >= 0.3 is 12.1 Å². The Morgan fingerprint density at radius 2 is 2.03 bits per heavy atom. The van der Waals surface area contributed by atoms with Crippen LogP contribution in [0.4, 0.5) is 13.2 Å². The molecule has 170 valence electrons. The third kappa shape index (κ3) is 6.73. The topological polar surface area (TPSA) is 71.9 Å². The van der Waals surface area contributed by atoms with Gasteiger partial charge in [-0.15, -0.1) is 11.3 Å². The van der Waals surface area contributed by atoms with E-state index in [4.69, 9.17) is 19.4 Å². The number of hydrogen-bond acceptors (Lipinski definition) is 6. The van der Waals surface area contributed by atoms with Crippen molar-refractivity contribution in [2.75, 3.05) is 13.2 Å². The van der Waals surface area contributed by atoms with Gasteiger partial charge in [-0.1, -0.05) is 30.3 Å². The minimum Gasteiger partial charge on any atom is -0.475 e. The standard InChI is InChI=1S/C19H24N2O2S.C2HF3O2/c1-14-20-16(13-24-14)12-23-18-8-7-17-19(18)22-10-9-21(17)11-15-5-3-2-4-6-15;3-2(4,5)1(6)7/h2-6,13,17-19H,7-12H2,1H3;(H,6,7)/t17-,18+,19+;/m0./s1. The zero-order valence-corrected chi connectivity index (χ0v) is 17.9. The highest BCUT2D eigenvalue weighted by Gasteiger charge is 2.43. The molecular weight excluding hydrogens is 433 g/mol. The number of thiazole rings is 1. The maximum atomic E-state index is 10.6. The number of benzene rings is 1. The summed E-state index contributed by atoms with van der Waals surface area (Å²) in [6.07, 6.45) is -2.47. The third-order valence-electron chi connectivity index (χ3n) is 5.23. The highest BCUT2D eigenvalue weighted by atomic mass is 32.1. The summed E-state index contributed by atoms with van der Waals surface area (Å²) < 4.78 is 44.0. The molecule has 1 aromatic carbocycles. The summed E-state index contributed by atoms with van der Waals surface area (Å²) >= 11 is 1.68. The Morgan fingerprint density at radius 1 is 1.32 bits per heavy atom. The van der Waals surface area contributed by atoms with E-state index in [0.29, 0.717) is 12.6 Å². The quantitative estimate of drug-likeness (QED) is 0.730. The number of carboxylic acids is 1. The van der Waals surface area contributed by atoms with Gasteiger partial charge in [0.1, 0.15) is 0 Å². The molecule has 1 saturated heterocycles. The number of rotatable bonds is 5. The molecule has 0 unspecified atom stereocenters. The monoisotopic (exact) mass is 458 g/mol. The maximum Gasteiger partial charge on any atom is 0.490 e. The SMILES string of the molecule is Cc1nc(CO[C@@H]2CC[C@H]3[C@H]2OCCN3Cc2ccccc2)cs1.O=C(O)C(F)(F)F. The molecule has 2 heterocycles. The van der Waals surface area contributed by atoms with Gasteiger partial charge in [0.25, 0.3) is 0 Å². The van der Waals surface area contributed by atoms with Crippen molar-refractivity contribution in [1.82, 2.24) is 9.88 Å². The number of alkyl halides is 3. The van der Waals surface area contributed by atoms with Gasteiger partial charge < -0.3 is 14.6 Å². The van der Waals surface area contributed by atoms with Crippen LogP contribution >= 0.6 is 11.3 Å². The molecule has 1 N–H and O–H groups in total. The molecule has 1 aromatic heterocycles. The van der Waals surface area contributed by atoms with E-state index in [1.807, 2.05) is 6.92 Å². The van der Waals surface area contributed by atoms with E-state index in [-0.39, 0.29) is 12.2 Å². The van der Waals surface area contributed by atoms with Gasteiger partial charge in [-0.05, 0) is 25.3 Å². The van der Waals surface area contributed by atoms with Gasteiger partial charge in [0.05, 0.1) is 36.1 Å². The first-order valence-corrected chi connectivity index (χ1v) is 10.8. The molecule has 6 nitrogen and oxygen atoms in total. The van der Waals surface area contributed by atoms with Crippen LogP contribution < -0.4 is 0 Å². The summed E-state index contributed by atoms with van der Waals surface area (Å²) in [6.45, 7) is 5.44. The van der Waals surface area contributed by atoms with Crippen molar-refractivity contribution in [1.29, 1.82) is 0 Å². The number of carbonyl (C=O) groups is 1. The number of hydrogen-bond donors (Lipinski definition) is 1. The van der Waals surface area contributed by atoms with Crippen molar-refractivity contribution in [3.05, 3.63) is 52.0 Å². The second-order valence-electron chi connectivity index (χ2n) is 7.45. The Balaban J connectivity index is 0.000000339. The van der Waals surface area contributed by atoms with Crippen LogP contribution in [-0.2, 0) is 27.4 Å². The van der Waals surface area contributed by atoms with Crippen LogP contribution in [-0.4, -0.2) is 58.5 Å². The minimum atomic E-state index is -5.08. The molecule has 4 rings (SSSR count). The second-order valence-corrected chi connectivity index (χ2v) is 8.51. The van der Waals surface area contributed by atoms with Gasteiger partial charge in [-0.25, -0.2) is 9.78 Å². The first-order valence-electron chi connectivity index (χ1n) is 9.96. The van der Waals surface area contributed by atoms with Crippen molar-refractivity contribution >= 4 is 17.3 Å². The van der Waals surface area contributed by atoms with E-state index in [1.54, 1.807) is 11.3 Å². The Labute approximate surface area is 182 Å². The minimum absolute atomic E-state index is 0.190. The van der Waals surface area contributed by atoms with Gasteiger partial charge in [0, 0.05) is 24.5 Å². The fourth-order valence-corrected chi connectivity index (χ4v) is 4.45. The zero-order chi connectivity index (χ0) is 22.4. The normalized spacial score (nSPS) is 23.7. The van der Waals surface area contributed by atoms with Crippen LogP contribution in [0.3, 0.4) is 0 Å². The zero-order valence-electron chi connectivity index (χ0n) is 17.0. The number of aryl methyl sites for hydroxylation is 1. The first kappa shape index (κ1) is 23.6. The molecule has 0 amide bonds. The van der Waals surface area contributed by atoms with E-state index in [0.717, 1.165) is 43.2 Å². The fraction of sp³-hybridized carbons (Fsp3) is 0.524. The number of ether oxygens (including phenoxy) is 2. The van der Waals surface area contributed by atoms with Crippen molar-refractivity contribution < 1.29 is 32.5 Å². The average Bonchev–Trinajstić information content (AvgIpc) is 3.33. The molecule has 1 aliphatic carbocycles. The predicted molar refractivity (Wildman–Crippen MR) is 109 cm³/mol. The largest absolute Gasteiger partial charge is 0.490 e. The smallest absolute Gasteiger partial charge is 0.475 e. The van der Waals surface area contributed by atoms with E-state index >= 15 is 0 Å². The summed E-state index contributed by atoms with van der Waals surface area (Å²) in [5.41, 5.74) is 2.42. The van der Waals surface area contributed by atoms with Crippen LogP contribution in [0, 0.1) is 6.92 Å². The number of aliphatic carboxylic acids is 1. The number of aromatic nitrogens is 1. The number of morpholine rings is 1. The molecule has 2 fully saturated rings. The molecule has 0 spiro atoms. The van der Waals surface area contributed by atoms with E-state index in [2.05, 4.69) is 45.6 Å². The number of nitrogens with zero attached hydrogens (tertiary/aromatic N) is 2. The molecule has 0 radical (unpaired) electrons. The second kappa shape index (κ2) is 10.5. The lowest BCUT2D eigenvalue weighted by Crippen LogP contribution is -2.51. The highest BCUT2D eigenvalue weighted by Crippen LogP contribution is 2.33. The lowest BCUT2D eigenvalue weighted by atomic mass is 10.1. The Hall–Kier alpha value is -2.01. The first-order chi connectivity index (χ1) is 14.7. The van der Waals surface area contributed by atoms with Gasteiger partial charge in [0.15, 0.2) is 0 Å². The van der Waals surface area contributed by atoms with Crippen LogP contribution in [0.15, 0.2) is 35.7 Å².